The van der Waals surface area contributed by atoms with Gasteiger partial charge in [-0.05, 0) is 32.4 Å². The zero-order valence-electron chi connectivity index (χ0n) is 12.1. The maximum atomic E-state index is 5.97. The fraction of sp³-hybridized carbons (Fsp3) is 0.625. The van der Waals surface area contributed by atoms with Crippen LogP contribution in [0.25, 0.3) is 0 Å². The van der Waals surface area contributed by atoms with Gasteiger partial charge in [-0.2, -0.15) is 0 Å². The Kier molecular flexibility index (Phi) is 5.23. The van der Waals surface area contributed by atoms with Crippen LogP contribution in [0.2, 0.25) is 0 Å². The Morgan fingerprint density at radius 3 is 2.53 bits per heavy atom. The van der Waals surface area contributed by atoms with E-state index in [-0.39, 0.29) is 12.4 Å². The molecule has 2 rings (SSSR count). The summed E-state index contributed by atoms with van der Waals surface area (Å²) in [6, 6.07) is 7.97. The van der Waals surface area contributed by atoms with Gasteiger partial charge in [0.1, 0.15) is 5.75 Å². The standard InChI is InChI=1S/C16H24O3/c1-4-6-14-11-18-16(19-12(14)3)13-7-9-15(10-8-13)17-5-2/h7-10,12,14,16H,4-6,11H2,1-3H3. The monoisotopic (exact) mass is 264 g/mol. The Morgan fingerprint density at radius 2 is 1.95 bits per heavy atom. The minimum atomic E-state index is -0.237. The third kappa shape index (κ3) is 3.71. The van der Waals surface area contributed by atoms with E-state index >= 15 is 0 Å². The highest BCUT2D eigenvalue weighted by molar-refractivity contribution is 5.28. The predicted octanol–water partition coefficient (Wildman–Crippen LogP) is 3.94. The number of hydrogen-bond donors (Lipinski definition) is 0. The van der Waals surface area contributed by atoms with E-state index in [2.05, 4.69) is 13.8 Å². The van der Waals surface area contributed by atoms with E-state index in [9.17, 15) is 0 Å². The summed E-state index contributed by atoms with van der Waals surface area (Å²) in [7, 11) is 0. The third-order valence-corrected chi connectivity index (χ3v) is 3.59. The zero-order valence-corrected chi connectivity index (χ0v) is 12.1. The second-order valence-electron chi connectivity index (χ2n) is 5.06. The topological polar surface area (TPSA) is 27.7 Å². The number of rotatable bonds is 5. The summed E-state index contributed by atoms with van der Waals surface area (Å²) in [4.78, 5) is 0. The molecule has 1 saturated heterocycles. The lowest BCUT2D eigenvalue weighted by Gasteiger charge is -2.35. The summed E-state index contributed by atoms with van der Waals surface area (Å²) in [6.45, 7) is 7.80. The molecule has 3 atom stereocenters. The van der Waals surface area contributed by atoms with Crippen LogP contribution >= 0.6 is 0 Å². The Balaban J connectivity index is 1.96. The Bertz CT molecular complexity index is 374. The van der Waals surface area contributed by atoms with E-state index in [1.165, 1.54) is 6.42 Å². The van der Waals surface area contributed by atoms with Crippen LogP contribution in [-0.2, 0) is 9.47 Å². The largest absolute Gasteiger partial charge is 0.494 e. The lowest BCUT2D eigenvalue weighted by molar-refractivity contribution is -0.237. The van der Waals surface area contributed by atoms with Gasteiger partial charge in [-0.1, -0.05) is 25.5 Å². The Morgan fingerprint density at radius 1 is 1.21 bits per heavy atom. The average Bonchev–Trinajstić information content (AvgIpc) is 2.43. The van der Waals surface area contributed by atoms with Gasteiger partial charge in [0.25, 0.3) is 0 Å². The van der Waals surface area contributed by atoms with Gasteiger partial charge in [-0.15, -0.1) is 0 Å². The molecule has 3 heteroatoms. The van der Waals surface area contributed by atoms with Gasteiger partial charge in [0.05, 0.1) is 19.3 Å². The first-order valence-corrected chi connectivity index (χ1v) is 7.24. The average molecular weight is 264 g/mol. The van der Waals surface area contributed by atoms with Crippen LogP contribution in [0.5, 0.6) is 5.75 Å². The van der Waals surface area contributed by atoms with Gasteiger partial charge in [-0.3, -0.25) is 0 Å². The van der Waals surface area contributed by atoms with Crippen molar-refractivity contribution in [3.63, 3.8) is 0 Å². The molecule has 0 N–H and O–H groups in total. The first-order valence-electron chi connectivity index (χ1n) is 7.24. The first-order chi connectivity index (χ1) is 9.24. The van der Waals surface area contributed by atoms with Crippen molar-refractivity contribution in [1.29, 1.82) is 0 Å². The molecule has 3 unspecified atom stereocenters. The van der Waals surface area contributed by atoms with Gasteiger partial charge in [0.15, 0.2) is 6.29 Å². The SMILES string of the molecule is CCCC1COC(c2ccc(OCC)cc2)OC1C. The summed E-state index contributed by atoms with van der Waals surface area (Å²) in [5.41, 5.74) is 1.06. The van der Waals surface area contributed by atoms with E-state index in [1.807, 2.05) is 31.2 Å². The maximum Gasteiger partial charge on any atom is 0.184 e. The molecule has 0 saturated carbocycles. The summed E-state index contributed by atoms with van der Waals surface area (Å²) in [6.07, 6.45) is 2.36. The number of hydrogen-bond acceptors (Lipinski definition) is 3. The molecule has 1 aliphatic heterocycles. The fourth-order valence-electron chi connectivity index (χ4n) is 2.44. The summed E-state index contributed by atoms with van der Waals surface area (Å²) >= 11 is 0. The van der Waals surface area contributed by atoms with E-state index < -0.39 is 0 Å². The van der Waals surface area contributed by atoms with Crippen molar-refractivity contribution in [3.05, 3.63) is 29.8 Å². The second kappa shape index (κ2) is 6.92. The molecule has 0 aliphatic carbocycles. The van der Waals surface area contributed by atoms with Gasteiger partial charge >= 0.3 is 0 Å². The molecule has 1 fully saturated rings. The molecule has 1 heterocycles. The van der Waals surface area contributed by atoms with Crippen molar-refractivity contribution in [2.75, 3.05) is 13.2 Å². The molecule has 0 aromatic heterocycles. The zero-order chi connectivity index (χ0) is 13.7. The quantitative estimate of drug-likeness (QED) is 0.806. The Hall–Kier alpha value is -1.06. The number of benzene rings is 1. The van der Waals surface area contributed by atoms with Crippen LogP contribution in [0.3, 0.4) is 0 Å². The third-order valence-electron chi connectivity index (χ3n) is 3.59. The molecule has 0 radical (unpaired) electrons. The lowest BCUT2D eigenvalue weighted by Crippen LogP contribution is -2.34. The molecule has 1 aromatic rings. The van der Waals surface area contributed by atoms with E-state index in [1.54, 1.807) is 0 Å². The molecule has 19 heavy (non-hydrogen) atoms. The van der Waals surface area contributed by atoms with Crippen LogP contribution in [0.4, 0.5) is 0 Å². The van der Waals surface area contributed by atoms with Gasteiger partial charge < -0.3 is 14.2 Å². The molecule has 3 nitrogen and oxygen atoms in total. The molecule has 1 aromatic carbocycles. The van der Waals surface area contributed by atoms with Gasteiger partial charge in [0.2, 0.25) is 0 Å². The van der Waals surface area contributed by atoms with Crippen molar-refractivity contribution >= 4 is 0 Å². The van der Waals surface area contributed by atoms with E-state index in [0.29, 0.717) is 12.5 Å². The smallest absolute Gasteiger partial charge is 0.184 e. The highest BCUT2D eigenvalue weighted by atomic mass is 16.7. The molecule has 0 amide bonds. The van der Waals surface area contributed by atoms with Crippen LogP contribution < -0.4 is 4.74 Å². The molecular formula is C16H24O3. The minimum absolute atomic E-state index is 0.237. The van der Waals surface area contributed by atoms with Crippen LogP contribution in [0.15, 0.2) is 24.3 Å². The lowest BCUT2D eigenvalue weighted by atomic mass is 9.98. The molecule has 0 bridgehead atoms. The summed E-state index contributed by atoms with van der Waals surface area (Å²) in [5.74, 6) is 1.41. The molecule has 106 valence electrons. The van der Waals surface area contributed by atoms with Crippen LogP contribution in [-0.4, -0.2) is 19.3 Å². The molecule has 0 spiro atoms. The van der Waals surface area contributed by atoms with Gasteiger partial charge in [-0.25, -0.2) is 0 Å². The van der Waals surface area contributed by atoms with Crippen molar-refractivity contribution < 1.29 is 14.2 Å². The normalized spacial score (nSPS) is 27.2. The van der Waals surface area contributed by atoms with Crippen LogP contribution in [0, 0.1) is 5.92 Å². The first kappa shape index (κ1) is 14.4. The molecule has 1 aliphatic rings. The summed E-state index contributed by atoms with van der Waals surface area (Å²) in [5, 5.41) is 0. The van der Waals surface area contributed by atoms with Crippen LogP contribution in [0.1, 0.15) is 45.5 Å². The van der Waals surface area contributed by atoms with Crippen molar-refractivity contribution in [3.8, 4) is 5.75 Å². The van der Waals surface area contributed by atoms with Crippen molar-refractivity contribution in [2.24, 2.45) is 5.92 Å². The maximum absolute atomic E-state index is 5.97. The minimum Gasteiger partial charge on any atom is -0.494 e. The second-order valence-corrected chi connectivity index (χ2v) is 5.06. The highest BCUT2D eigenvalue weighted by Gasteiger charge is 2.29. The van der Waals surface area contributed by atoms with E-state index in [4.69, 9.17) is 14.2 Å². The van der Waals surface area contributed by atoms with Crippen molar-refractivity contribution in [2.45, 2.75) is 46.0 Å². The molecular weight excluding hydrogens is 240 g/mol. The summed E-state index contributed by atoms with van der Waals surface area (Å²) < 4.78 is 17.2. The number of ether oxygens (including phenoxy) is 3. The van der Waals surface area contributed by atoms with Crippen molar-refractivity contribution in [1.82, 2.24) is 0 Å². The predicted molar refractivity (Wildman–Crippen MR) is 75.2 cm³/mol. The highest BCUT2D eigenvalue weighted by Crippen LogP contribution is 2.31. The fourth-order valence-corrected chi connectivity index (χ4v) is 2.44. The Labute approximate surface area is 115 Å². The van der Waals surface area contributed by atoms with E-state index in [0.717, 1.165) is 24.3 Å². The van der Waals surface area contributed by atoms with Gasteiger partial charge in [0, 0.05) is 11.5 Å².